The summed E-state index contributed by atoms with van der Waals surface area (Å²) in [6, 6.07) is 29.3. The summed E-state index contributed by atoms with van der Waals surface area (Å²) in [6.07, 6.45) is 1.78. The zero-order valence-electron chi connectivity index (χ0n) is 14.2. The zero-order chi connectivity index (χ0) is 17.0. The summed E-state index contributed by atoms with van der Waals surface area (Å²) in [7, 11) is 0. The molecule has 3 aromatic rings. The van der Waals surface area contributed by atoms with Crippen LogP contribution >= 0.6 is 0 Å². The van der Waals surface area contributed by atoms with E-state index in [4.69, 9.17) is 9.47 Å². The predicted octanol–water partition coefficient (Wildman–Crippen LogP) is 4.67. The van der Waals surface area contributed by atoms with Gasteiger partial charge in [-0.25, -0.2) is 0 Å². The van der Waals surface area contributed by atoms with Gasteiger partial charge >= 0.3 is 0 Å². The molecule has 0 amide bonds. The number of para-hydroxylation sites is 1. The second-order valence-corrected chi connectivity index (χ2v) is 6.69. The van der Waals surface area contributed by atoms with E-state index in [2.05, 4.69) is 66.7 Å². The average molecular weight is 330 g/mol. The van der Waals surface area contributed by atoms with Crippen molar-refractivity contribution < 1.29 is 9.47 Å². The molecule has 0 bridgehead atoms. The molecular formula is C23H22O2. The van der Waals surface area contributed by atoms with Gasteiger partial charge in [-0.1, -0.05) is 78.9 Å². The third kappa shape index (κ3) is 4.09. The zero-order valence-corrected chi connectivity index (χ0v) is 14.2. The van der Waals surface area contributed by atoms with Gasteiger partial charge in [-0.15, -0.1) is 0 Å². The number of rotatable bonds is 7. The van der Waals surface area contributed by atoms with Gasteiger partial charge in [0.1, 0.15) is 18.0 Å². The molecule has 25 heavy (non-hydrogen) atoms. The van der Waals surface area contributed by atoms with Crippen LogP contribution in [0.2, 0.25) is 0 Å². The molecule has 1 fully saturated rings. The second kappa shape index (κ2) is 7.12. The highest BCUT2D eigenvalue weighted by Gasteiger charge is 2.45. The molecule has 1 heterocycles. The molecule has 0 N–H and O–H groups in total. The van der Waals surface area contributed by atoms with Crippen LogP contribution in [0.5, 0.6) is 5.75 Å². The van der Waals surface area contributed by atoms with Crippen LogP contribution < -0.4 is 4.74 Å². The molecule has 126 valence electrons. The largest absolute Gasteiger partial charge is 0.490 e. The van der Waals surface area contributed by atoms with E-state index in [1.165, 1.54) is 16.7 Å². The van der Waals surface area contributed by atoms with Gasteiger partial charge in [-0.05, 0) is 22.8 Å². The molecule has 1 unspecified atom stereocenters. The first-order chi connectivity index (χ1) is 12.3. The highest BCUT2D eigenvalue weighted by Crippen LogP contribution is 2.33. The lowest BCUT2D eigenvalue weighted by Crippen LogP contribution is -2.24. The Bertz CT molecular complexity index is 808. The smallest absolute Gasteiger partial charge is 0.129 e. The van der Waals surface area contributed by atoms with Crippen molar-refractivity contribution in [3.8, 4) is 5.75 Å². The molecule has 0 radical (unpaired) electrons. The molecule has 1 aliphatic heterocycles. The Morgan fingerprint density at radius 3 is 2.04 bits per heavy atom. The molecule has 1 atom stereocenters. The summed E-state index contributed by atoms with van der Waals surface area (Å²) in [6.45, 7) is 1.36. The minimum atomic E-state index is -0.165. The molecule has 4 rings (SSSR count). The molecule has 0 saturated carbocycles. The Balaban J connectivity index is 1.43. The Labute approximate surface area is 149 Å². The minimum Gasteiger partial charge on any atom is -0.490 e. The van der Waals surface area contributed by atoms with Crippen molar-refractivity contribution in [2.75, 3.05) is 13.2 Å². The summed E-state index contributed by atoms with van der Waals surface area (Å²) in [5.74, 6) is 0.953. The first-order valence-electron chi connectivity index (χ1n) is 8.76. The average Bonchev–Trinajstić information content (AvgIpc) is 3.42. The normalized spacial score (nSPS) is 18.7. The molecule has 0 spiro atoms. The topological polar surface area (TPSA) is 21.8 Å². The summed E-state index contributed by atoms with van der Waals surface area (Å²) >= 11 is 0. The van der Waals surface area contributed by atoms with E-state index in [9.17, 15) is 0 Å². The SMILES string of the molecule is c1ccc(Cc2ccccc2OCC2(Cc3ccccc3)CO2)cc1. The first kappa shape index (κ1) is 15.9. The van der Waals surface area contributed by atoms with E-state index >= 15 is 0 Å². The Morgan fingerprint density at radius 2 is 1.36 bits per heavy atom. The van der Waals surface area contributed by atoms with Crippen molar-refractivity contribution in [2.45, 2.75) is 18.4 Å². The van der Waals surface area contributed by atoms with Crippen LogP contribution in [0.15, 0.2) is 84.9 Å². The number of benzene rings is 3. The standard InChI is InChI=1S/C23H22O2/c1-3-9-19(10-4-1)15-21-13-7-8-14-22(21)24-17-23(18-25-23)16-20-11-5-2-6-12-20/h1-14H,15-18H2. The van der Waals surface area contributed by atoms with Crippen LogP contribution in [-0.2, 0) is 17.6 Å². The van der Waals surface area contributed by atoms with Gasteiger partial charge in [0, 0.05) is 12.8 Å². The quantitative estimate of drug-likeness (QED) is 0.587. The van der Waals surface area contributed by atoms with E-state index in [-0.39, 0.29) is 5.60 Å². The summed E-state index contributed by atoms with van der Waals surface area (Å²) < 4.78 is 11.9. The fourth-order valence-electron chi connectivity index (χ4n) is 3.12. The van der Waals surface area contributed by atoms with Crippen LogP contribution in [0, 0.1) is 0 Å². The Kier molecular flexibility index (Phi) is 4.53. The molecule has 0 aromatic heterocycles. The maximum atomic E-state index is 6.18. The molecule has 2 heteroatoms. The van der Waals surface area contributed by atoms with Crippen LogP contribution in [0.3, 0.4) is 0 Å². The van der Waals surface area contributed by atoms with Crippen molar-refractivity contribution in [3.63, 3.8) is 0 Å². The molecular weight excluding hydrogens is 308 g/mol. The minimum absolute atomic E-state index is 0.165. The lowest BCUT2D eigenvalue weighted by atomic mass is 10.0. The number of ether oxygens (including phenoxy) is 2. The maximum Gasteiger partial charge on any atom is 0.129 e. The van der Waals surface area contributed by atoms with Crippen molar-refractivity contribution >= 4 is 0 Å². The molecule has 3 aromatic carbocycles. The van der Waals surface area contributed by atoms with Crippen LogP contribution in [0.25, 0.3) is 0 Å². The first-order valence-corrected chi connectivity index (χ1v) is 8.76. The van der Waals surface area contributed by atoms with Crippen LogP contribution in [-0.4, -0.2) is 18.8 Å². The van der Waals surface area contributed by atoms with Crippen LogP contribution in [0.1, 0.15) is 16.7 Å². The summed E-state index contributed by atoms with van der Waals surface area (Å²) in [4.78, 5) is 0. The lowest BCUT2D eigenvalue weighted by Gasteiger charge is -2.16. The van der Waals surface area contributed by atoms with E-state index in [1.54, 1.807) is 0 Å². The number of epoxide rings is 1. The van der Waals surface area contributed by atoms with Gasteiger partial charge < -0.3 is 9.47 Å². The van der Waals surface area contributed by atoms with Crippen molar-refractivity contribution in [2.24, 2.45) is 0 Å². The van der Waals surface area contributed by atoms with Gasteiger partial charge in [0.05, 0.1) is 6.61 Å². The van der Waals surface area contributed by atoms with E-state index in [0.717, 1.165) is 25.2 Å². The van der Waals surface area contributed by atoms with Crippen LogP contribution in [0.4, 0.5) is 0 Å². The highest BCUT2D eigenvalue weighted by molar-refractivity contribution is 5.37. The molecule has 1 aliphatic rings. The van der Waals surface area contributed by atoms with E-state index < -0.39 is 0 Å². The third-order valence-corrected chi connectivity index (χ3v) is 4.62. The van der Waals surface area contributed by atoms with Gasteiger partial charge in [0.25, 0.3) is 0 Å². The predicted molar refractivity (Wildman–Crippen MR) is 100 cm³/mol. The van der Waals surface area contributed by atoms with Crippen molar-refractivity contribution in [1.82, 2.24) is 0 Å². The van der Waals surface area contributed by atoms with E-state index in [0.29, 0.717) is 6.61 Å². The number of hydrogen-bond donors (Lipinski definition) is 0. The third-order valence-electron chi connectivity index (χ3n) is 4.62. The Hall–Kier alpha value is -2.58. The molecule has 1 saturated heterocycles. The van der Waals surface area contributed by atoms with Gasteiger partial charge in [0.2, 0.25) is 0 Å². The van der Waals surface area contributed by atoms with Gasteiger partial charge in [-0.3, -0.25) is 0 Å². The number of hydrogen-bond acceptors (Lipinski definition) is 2. The Morgan fingerprint density at radius 1 is 0.760 bits per heavy atom. The fourth-order valence-corrected chi connectivity index (χ4v) is 3.12. The summed E-state index contributed by atoms with van der Waals surface area (Å²) in [5, 5.41) is 0. The second-order valence-electron chi connectivity index (χ2n) is 6.69. The van der Waals surface area contributed by atoms with Crippen molar-refractivity contribution in [1.29, 1.82) is 0 Å². The van der Waals surface area contributed by atoms with Gasteiger partial charge in [0.15, 0.2) is 0 Å². The summed E-state index contributed by atoms with van der Waals surface area (Å²) in [5.41, 5.74) is 3.63. The molecule has 2 nitrogen and oxygen atoms in total. The maximum absolute atomic E-state index is 6.18. The van der Waals surface area contributed by atoms with Gasteiger partial charge in [-0.2, -0.15) is 0 Å². The lowest BCUT2D eigenvalue weighted by molar-refractivity contribution is 0.187. The fraction of sp³-hybridized carbons (Fsp3) is 0.217. The van der Waals surface area contributed by atoms with Crippen molar-refractivity contribution in [3.05, 3.63) is 102 Å². The monoisotopic (exact) mass is 330 g/mol. The molecule has 0 aliphatic carbocycles. The highest BCUT2D eigenvalue weighted by atomic mass is 16.6. The van der Waals surface area contributed by atoms with E-state index in [1.807, 2.05) is 18.2 Å².